The molecule has 0 N–H and O–H groups in total. The van der Waals surface area contributed by atoms with Gasteiger partial charge in [0.05, 0.1) is 11.3 Å². The highest BCUT2D eigenvalue weighted by Crippen LogP contribution is 2.20. The Bertz CT molecular complexity index is 661. The normalized spacial score (nSPS) is 15.8. The molecule has 1 aliphatic heterocycles. The highest BCUT2D eigenvalue weighted by Gasteiger charge is 2.23. The van der Waals surface area contributed by atoms with E-state index < -0.39 is 0 Å². The van der Waals surface area contributed by atoms with Gasteiger partial charge in [0.15, 0.2) is 5.82 Å². The zero-order valence-corrected chi connectivity index (χ0v) is 13.1. The number of hydrogen-bond donors (Lipinski definition) is 0. The number of hydrogen-bond acceptors (Lipinski definition) is 3. The van der Waals surface area contributed by atoms with Crippen LogP contribution in [0.2, 0.25) is 0 Å². The third-order valence-electron chi connectivity index (χ3n) is 4.31. The van der Waals surface area contributed by atoms with Crippen LogP contribution < -0.4 is 0 Å². The molecule has 1 saturated heterocycles. The summed E-state index contributed by atoms with van der Waals surface area (Å²) >= 11 is 0. The molecule has 3 rings (SSSR count). The van der Waals surface area contributed by atoms with Gasteiger partial charge in [-0.15, -0.1) is 0 Å². The van der Waals surface area contributed by atoms with Crippen molar-refractivity contribution in [3.8, 4) is 11.4 Å². The maximum Gasteiger partial charge on any atom is 0.257 e. The van der Waals surface area contributed by atoms with E-state index in [2.05, 4.69) is 16.9 Å². The van der Waals surface area contributed by atoms with Crippen LogP contribution in [-0.4, -0.2) is 33.9 Å². The molecular formula is C18H21N3O. The van der Waals surface area contributed by atoms with E-state index in [9.17, 15) is 4.79 Å². The fourth-order valence-electron chi connectivity index (χ4n) is 2.79. The first-order valence-corrected chi connectivity index (χ1v) is 7.83. The number of nitrogens with zero attached hydrogens (tertiary/aromatic N) is 3. The quantitative estimate of drug-likeness (QED) is 0.853. The number of carbonyl (C=O) groups is 1. The van der Waals surface area contributed by atoms with Crippen LogP contribution in [0, 0.1) is 12.8 Å². The van der Waals surface area contributed by atoms with E-state index in [1.54, 1.807) is 6.20 Å². The van der Waals surface area contributed by atoms with Crippen molar-refractivity contribution in [2.45, 2.75) is 26.7 Å². The van der Waals surface area contributed by atoms with Crippen molar-refractivity contribution in [3.05, 3.63) is 47.8 Å². The van der Waals surface area contributed by atoms with Crippen LogP contribution in [0.25, 0.3) is 11.4 Å². The summed E-state index contributed by atoms with van der Waals surface area (Å²) in [7, 11) is 0. The molecule has 0 bridgehead atoms. The second kappa shape index (κ2) is 6.26. The lowest BCUT2D eigenvalue weighted by atomic mass is 9.98. The summed E-state index contributed by atoms with van der Waals surface area (Å²) in [6.07, 6.45) is 3.83. The molecule has 0 radical (unpaired) electrons. The minimum absolute atomic E-state index is 0.0593. The van der Waals surface area contributed by atoms with Crippen LogP contribution in [-0.2, 0) is 0 Å². The molecule has 22 heavy (non-hydrogen) atoms. The predicted octanol–water partition coefficient (Wildman–Crippen LogP) is 3.32. The van der Waals surface area contributed by atoms with Crippen molar-refractivity contribution in [2.24, 2.45) is 5.92 Å². The molecule has 0 atom stereocenters. The second-order valence-electron chi connectivity index (χ2n) is 6.03. The van der Waals surface area contributed by atoms with Gasteiger partial charge in [0, 0.05) is 24.8 Å². The third kappa shape index (κ3) is 3.01. The Morgan fingerprint density at radius 3 is 2.50 bits per heavy atom. The average molecular weight is 295 g/mol. The Morgan fingerprint density at radius 1 is 1.18 bits per heavy atom. The minimum atomic E-state index is 0.0593. The number of carbonyl (C=O) groups excluding carboxylic acids is 1. The molecule has 1 aliphatic rings. The van der Waals surface area contributed by atoms with E-state index in [0.29, 0.717) is 17.3 Å². The molecule has 2 aromatic rings. The molecule has 1 aromatic heterocycles. The Labute approximate surface area is 131 Å². The van der Waals surface area contributed by atoms with Gasteiger partial charge >= 0.3 is 0 Å². The van der Waals surface area contributed by atoms with E-state index in [1.165, 1.54) is 0 Å². The van der Waals surface area contributed by atoms with Crippen molar-refractivity contribution in [2.75, 3.05) is 13.1 Å². The highest BCUT2D eigenvalue weighted by molar-refractivity contribution is 5.95. The first kappa shape index (κ1) is 14.7. The Balaban J connectivity index is 1.82. The average Bonchev–Trinajstić information content (AvgIpc) is 2.56. The second-order valence-corrected chi connectivity index (χ2v) is 6.03. The monoisotopic (exact) mass is 295 g/mol. The first-order chi connectivity index (χ1) is 10.6. The van der Waals surface area contributed by atoms with Gasteiger partial charge in [-0.2, -0.15) is 0 Å². The number of aryl methyl sites for hydroxylation is 1. The number of amides is 1. The summed E-state index contributed by atoms with van der Waals surface area (Å²) in [6.45, 7) is 5.79. The molecule has 1 aromatic carbocycles. The topological polar surface area (TPSA) is 46.1 Å². The zero-order chi connectivity index (χ0) is 15.5. The van der Waals surface area contributed by atoms with E-state index in [0.717, 1.165) is 37.2 Å². The van der Waals surface area contributed by atoms with Crippen LogP contribution >= 0.6 is 0 Å². The van der Waals surface area contributed by atoms with Gasteiger partial charge in [0.1, 0.15) is 0 Å². The molecule has 4 heteroatoms. The third-order valence-corrected chi connectivity index (χ3v) is 4.31. The van der Waals surface area contributed by atoms with Gasteiger partial charge in [-0.05, 0) is 25.7 Å². The van der Waals surface area contributed by atoms with Gasteiger partial charge < -0.3 is 4.90 Å². The van der Waals surface area contributed by atoms with Crippen molar-refractivity contribution in [3.63, 3.8) is 0 Å². The molecule has 4 nitrogen and oxygen atoms in total. The summed E-state index contributed by atoms with van der Waals surface area (Å²) in [5.74, 6) is 1.44. The lowest BCUT2D eigenvalue weighted by Gasteiger charge is -2.30. The molecule has 1 fully saturated rings. The highest BCUT2D eigenvalue weighted by atomic mass is 16.2. The van der Waals surface area contributed by atoms with Crippen LogP contribution in [0.5, 0.6) is 0 Å². The fraction of sp³-hybridized carbons (Fsp3) is 0.389. The van der Waals surface area contributed by atoms with E-state index in [4.69, 9.17) is 0 Å². The zero-order valence-electron chi connectivity index (χ0n) is 13.1. The van der Waals surface area contributed by atoms with Gasteiger partial charge in [-0.25, -0.2) is 9.97 Å². The van der Waals surface area contributed by atoms with Crippen molar-refractivity contribution < 1.29 is 4.79 Å². The van der Waals surface area contributed by atoms with E-state index >= 15 is 0 Å². The maximum atomic E-state index is 12.6. The number of likely N-dealkylation sites (tertiary alicyclic amines) is 1. The Kier molecular flexibility index (Phi) is 4.18. The summed E-state index contributed by atoms with van der Waals surface area (Å²) in [6, 6.07) is 9.83. The molecule has 2 heterocycles. The molecule has 0 saturated carbocycles. The largest absolute Gasteiger partial charge is 0.339 e. The van der Waals surface area contributed by atoms with Crippen LogP contribution in [0.4, 0.5) is 0 Å². The predicted molar refractivity (Wildman–Crippen MR) is 86.5 cm³/mol. The van der Waals surface area contributed by atoms with Crippen LogP contribution in [0.15, 0.2) is 36.5 Å². The number of piperidine rings is 1. The molecule has 0 aliphatic carbocycles. The van der Waals surface area contributed by atoms with Gasteiger partial charge in [-0.1, -0.05) is 37.3 Å². The summed E-state index contributed by atoms with van der Waals surface area (Å²) in [4.78, 5) is 23.4. The molecule has 1 amide bonds. The lowest BCUT2D eigenvalue weighted by Crippen LogP contribution is -2.38. The van der Waals surface area contributed by atoms with Crippen molar-refractivity contribution >= 4 is 5.91 Å². The summed E-state index contributed by atoms with van der Waals surface area (Å²) in [5.41, 5.74) is 2.34. The minimum Gasteiger partial charge on any atom is -0.339 e. The molecular weight excluding hydrogens is 274 g/mol. The van der Waals surface area contributed by atoms with Crippen LogP contribution in [0.1, 0.15) is 35.8 Å². The van der Waals surface area contributed by atoms with Crippen molar-refractivity contribution in [1.29, 1.82) is 0 Å². The van der Waals surface area contributed by atoms with Gasteiger partial charge in [-0.3, -0.25) is 4.79 Å². The first-order valence-electron chi connectivity index (χ1n) is 7.83. The number of aromatic nitrogens is 2. The van der Waals surface area contributed by atoms with Crippen molar-refractivity contribution in [1.82, 2.24) is 14.9 Å². The van der Waals surface area contributed by atoms with Gasteiger partial charge in [0.2, 0.25) is 0 Å². The summed E-state index contributed by atoms with van der Waals surface area (Å²) in [5, 5.41) is 0. The smallest absolute Gasteiger partial charge is 0.257 e. The van der Waals surface area contributed by atoms with E-state index in [1.807, 2.05) is 42.2 Å². The number of rotatable bonds is 2. The number of benzene rings is 1. The Hall–Kier alpha value is -2.23. The lowest BCUT2D eigenvalue weighted by molar-refractivity contribution is 0.0695. The van der Waals surface area contributed by atoms with E-state index in [-0.39, 0.29) is 5.91 Å². The Morgan fingerprint density at radius 2 is 1.86 bits per heavy atom. The SMILES string of the molecule is Cc1nc(-c2ccccc2)ncc1C(=O)N1CCC(C)CC1. The summed E-state index contributed by atoms with van der Waals surface area (Å²) < 4.78 is 0. The molecule has 0 spiro atoms. The maximum absolute atomic E-state index is 12.6. The molecule has 0 unspecified atom stereocenters. The molecule has 114 valence electrons. The van der Waals surface area contributed by atoms with Crippen LogP contribution in [0.3, 0.4) is 0 Å². The van der Waals surface area contributed by atoms with Gasteiger partial charge in [0.25, 0.3) is 5.91 Å². The fourth-order valence-corrected chi connectivity index (χ4v) is 2.79. The standard InChI is InChI=1S/C18H21N3O/c1-13-8-10-21(11-9-13)18(22)16-12-19-17(20-14(16)2)15-6-4-3-5-7-15/h3-7,12-13H,8-11H2,1-2H3.